The Morgan fingerprint density at radius 3 is 2.83 bits per heavy atom. The van der Waals surface area contributed by atoms with Crippen molar-refractivity contribution in [2.75, 3.05) is 24.5 Å². The Hall–Kier alpha value is -0.730. The summed E-state index contributed by atoms with van der Waals surface area (Å²) >= 11 is 6.35. The molecule has 3 aliphatic rings. The molecule has 1 fully saturated rings. The molecular weight excluding hydrogens is 244 g/mol. The number of benzene rings is 1. The first-order valence-electron chi connectivity index (χ1n) is 7.07. The van der Waals surface area contributed by atoms with Crippen LogP contribution in [-0.4, -0.2) is 19.6 Å². The lowest BCUT2D eigenvalue weighted by molar-refractivity contribution is 0.220. The third-order valence-corrected chi connectivity index (χ3v) is 5.30. The molecule has 0 radical (unpaired) electrons. The van der Waals surface area contributed by atoms with Crippen molar-refractivity contribution in [1.82, 2.24) is 5.32 Å². The lowest BCUT2D eigenvalue weighted by atomic mass is 9.60. The zero-order valence-electron chi connectivity index (χ0n) is 10.6. The highest BCUT2D eigenvalue weighted by Gasteiger charge is 2.44. The van der Waals surface area contributed by atoms with Crippen LogP contribution in [0.1, 0.15) is 36.8 Å². The van der Waals surface area contributed by atoms with Crippen LogP contribution in [0.25, 0.3) is 0 Å². The van der Waals surface area contributed by atoms with Gasteiger partial charge in [-0.25, -0.2) is 0 Å². The molecule has 1 spiro atoms. The highest BCUT2D eigenvalue weighted by Crippen LogP contribution is 2.53. The quantitative estimate of drug-likeness (QED) is 0.773. The summed E-state index contributed by atoms with van der Waals surface area (Å²) in [5.41, 5.74) is 4.93. The zero-order chi connectivity index (χ0) is 12.2. The van der Waals surface area contributed by atoms with Crippen molar-refractivity contribution in [2.45, 2.75) is 37.6 Å². The second-order valence-electron chi connectivity index (χ2n) is 6.01. The van der Waals surface area contributed by atoms with E-state index in [0.717, 1.165) is 24.7 Å². The van der Waals surface area contributed by atoms with Crippen LogP contribution in [0.5, 0.6) is 0 Å². The van der Waals surface area contributed by atoms with E-state index in [1.165, 1.54) is 43.5 Å². The van der Waals surface area contributed by atoms with Crippen LogP contribution in [0, 0.1) is 0 Å². The molecule has 1 aromatic carbocycles. The summed E-state index contributed by atoms with van der Waals surface area (Å²) in [4.78, 5) is 2.57. The maximum atomic E-state index is 6.35. The van der Waals surface area contributed by atoms with Crippen molar-refractivity contribution in [3.63, 3.8) is 0 Å². The number of hydrogen-bond donors (Lipinski definition) is 1. The van der Waals surface area contributed by atoms with Gasteiger partial charge in [-0.05, 0) is 47.9 Å². The van der Waals surface area contributed by atoms with Gasteiger partial charge in [-0.1, -0.05) is 18.0 Å². The standard InChI is InChI=1S/C15H19ClN2/c16-12-8-11-10-17-5-7-18-6-4-15(2-1-3-15)13(9-12)14(11)18/h8-9,17H,1-7,10H2. The molecule has 4 rings (SSSR count). The van der Waals surface area contributed by atoms with Crippen LogP contribution >= 0.6 is 11.6 Å². The van der Waals surface area contributed by atoms with Crippen LogP contribution in [0.3, 0.4) is 0 Å². The Morgan fingerprint density at radius 1 is 1.17 bits per heavy atom. The Bertz CT molecular complexity index is 494. The smallest absolute Gasteiger partial charge is 0.0451 e. The molecule has 0 atom stereocenters. The number of nitrogens with one attached hydrogen (secondary N) is 1. The minimum atomic E-state index is 0.468. The van der Waals surface area contributed by atoms with Crippen LogP contribution in [0.4, 0.5) is 5.69 Å². The summed E-state index contributed by atoms with van der Waals surface area (Å²) in [7, 11) is 0. The molecule has 0 amide bonds. The molecular formula is C15H19ClN2. The normalized spacial score (nSPS) is 24.4. The van der Waals surface area contributed by atoms with Crippen LogP contribution in [-0.2, 0) is 12.0 Å². The van der Waals surface area contributed by atoms with Crippen molar-refractivity contribution in [1.29, 1.82) is 0 Å². The van der Waals surface area contributed by atoms with Gasteiger partial charge < -0.3 is 10.2 Å². The van der Waals surface area contributed by atoms with Gasteiger partial charge >= 0.3 is 0 Å². The summed E-state index contributed by atoms with van der Waals surface area (Å²) in [6, 6.07) is 4.40. The number of fused-ring (bicyclic) bond motifs is 1. The molecule has 2 aliphatic heterocycles. The van der Waals surface area contributed by atoms with Gasteiger partial charge in [0.2, 0.25) is 0 Å². The average Bonchev–Trinajstić information content (AvgIpc) is 2.51. The highest BCUT2D eigenvalue weighted by molar-refractivity contribution is 6.30. The van der Waals surface area contributed by atoms with Gasteiger partial charge in [0.25, 0.3) is 0 Å². The van der Waals surface area contributed by atoms with Crippen molar-refractivity contribution >= 4 is 17.3 Å². The molecule has 0 bridgehead atoms. The number of hydrogen-bond acceptors (Lipinski definition) is 2. The second kappa shape index (κ2) is 3.88. The van der Waals surface area contributed by atoms with Crippen LogP contribution in [0.2, 0.25) is 5.02 Å². The molecule has 2 heterocycles. The third-order valence-electron chi connectivity index (χ3n) is 5.09. The predicted molar refractivity (Wildman–Crippen MR) is 75.5 cm³/mol. The minimum Gasteiger partial charge on any atom is -0.370 e. The lowest BCUT2D eigenvalue weighted by Crippen LogP contribution is -2.45. The third kappa shape index (κ3) is 1.45. The summed E-state index contributed by atoms with van der Waals surface area (Å²) in [5, 5.41) is 4.43. The van der Waals surface area contributed by atoms with E-state index < -0.39 is 0 Å². The first-order chi connectivity index (χ1) is 8.78. The second-order valence-corrected chi connectivity index (χ2v) is 6.45. The molecule has 96 valence electrons. The first kappa shape index (κ1) is 11.1. The lowest BCUT2D eigenvalue weighted by Gasteiger charge is -2.50. The van der Waals surface area contributed by atoms with Gasteiger partial charge in [-0.3, -0.25) is 0 Å². The average molecular weight is 263 g/mol. The Balaban J connectivity index is 1.93. The molecule has 0 aromatic heterocycles. The van der Waals surface area contributed by atoms with Gasteiger partial charge in [0.1, 0.15) is 0 Å². The van der Waals surface area contributed by atoms with E-state index in [-0.39, 0.29) is 0 Å². The molecule has 2 nitrogen and oxygen atoms in total. The maximum Gasteiger partial charge on any atom is 0.0451 e. The predicted octanol–water partition coefficient (Wildman–Crippen LogP) is 3.08. The van der Waals surface area contributed by atoms with Crippen LogP contribution in [0.15, 0.2) is 12.1 Å². The van der Waals surface area contributed by atoms with Gasteiger partial charge in [-0.15, -0.1) is 0 Å². The zero-order valence-corrected chi connectivity index (χ0v) is 11.4. The maximum absolute atomic E-state index is 6.35. The number of anilines is 1. The molecule has 1 N–H and O–H groups in total. The molecule has 0 unspecified atom stereocenters. The number of nitrogens with zero attached hydrogens (tertiary/aromatic N) is 1. The Morgan fingerprint density at radius 2 is 2.06 bits per heavy atom. The Kier molecular flexibility index (Phi) is 2.40. The van der Waals surface area contributed by atoms with E-state index >= 15 is 0 Å². The van der Waals surface area contributed by atoms with Gasteiger partial charge in [-0.2, -0.15) is 0 Å². The summed E-state index contributed by atoms with van der Waals surface area (Å²) in [5.74, 6) is 0. The topological polar surface area (TPSA) is 15.3 Å². The fourth-order valence-corrected chi connectivity index (χ4v) is 4.19. The van der Waals surface area contributed by atoms with E-state index in [9.17, 15) is 0 Å². The van der Waals surface area contributed by atoms with Gasteiger partial charge in [0, 0.05) is 36.9 Å². The molecule has 1 aliphatic carbocycles. The molecule has 1 aromatic rings. The van der Waals surface area contributed by atoms with Gasteiger partial charge in [0.05, 0.1) is 0 Å². The minimum absolute atomic E-state index is 0.468. The van der Waals surface area contributed by atoms with Crippen molar-refractivity contribution in [2.24, 2.45) is 0 Å². The van der Waals surface area contributed by atoms with E-state index in [4.69, 9.17) is 11.6 Å². The van der Waals surface area contributed by atoms with E-state index in [0.29, 0.717) is 5.41 Å². The summed E-state index contributed by atoms with van der Waals surface area (Å²) < 4.78 is 0. The molecule has 1 saturated carbocycles. The number of rotatable bonds is 0. The number of halogens is 1. The van der Waals surface area contributed by atoms with Crippen molar-refractivity contribution in [3.8, 4) is 0 Å². The summed E-state index contributed by atoms with van der Waals surface area (Å²) in [6.07, 6.45) is 5.43. The van der Waals surface area contributed by atoms with Crippen molar-refractivity contribution in [3.05, 3.63) is 28.3 Å². The van der Waals surface area contributed by atoms with Gasteiger partial charge in [0.15, 0.2) is 0 Å². The van der Waals surface area contributed by atoms with E-state index in [1.807, 2.05) is 0 Å². The Labute approximate surface area is 113 Å². The van der Waals surface area contributed by atoms with Crippen LogP contribution < -0.4 is 10.2 Å². The fraction of sp³-hybridized carbons (Fsp3) is 0.600. The largest absolute Gasteiger partial charge is 0.370 e. The SMILES string of the molecule is Clc1cc2c3c(c1)C1(CCC1)CCN3CCNC2. The molecule has 0 saturated heterocycles. The van der Waals surface area contributed by atoms with E-state index in [2.05, 4.69) is 22.3 Å². The highest BCUT2D eigenvalue weighted by atomic mass is 35.5. The fourth-order valence-electron chi connectivity index (χ4n) is 3.95. The molecule has 18 heavy (non-hydrogen) atoms. The monoisotopic (exact) mass is 262 g/mol. The molecule has 3 heteroatoms. The van der Waals surface area contributed by atoms with E-state index in [1.54, 1.807) is 5.56 Å². The van der Waals surface area contributed by atoms with Crippen molar-refractivity contribution < 1.29 is 0 Å². The first-order valence-corrected chi connectivity index (χ1v) is 7.45. The summed E-state index contributed by atoms with van der Waals surface area (Å²) in [6.45, 7) is 4.41.